The number of aryl methyl sites for hydroxylation is 1. The van der Waals surface area contributed by atoms with Crippen LogP contribution < -0.4 is 5.32 Å². The first kappa shape index (κ1) is 10.3. The molecule has 1 N–H and O–H groups in total. The highest BCUT2D eigenvalue weighted by Crippen LogP contribution is 2.38. The van der Waals surface area contributed by atoms with Gasteiger partial charge >= 0.3 is 0 Å². The van der Waals surface area contributed by atoms with Crippen LogP contribution in [-0.4, -0.2) is 10.9 Å². The van der Waals surface area contributed by atoms with Crippen molar-refractivity contribution in [3.05, 3.63) is 24.1 Å². The molecular weight excluding hydrogens is 216 g/mol. The number of benzene rings is 1. The van der Waals surface area contributed by atoms with E-state index in [2.05, 4.69) is 17.2 Å². The fraction of sp³-hybridized carbons (Fsp3) is 0.385. The lowest BCUT2D eigenvalue weighted by atomic mass is 10.2. The third-order valence-corrected chi connectivity index (χ3v) is 3.21. The number of anilines is 1. The van der Waals surface area contributed by atoms with Crippen molar-refractivity contribution in [2.75, 3.05) is 5.32 Å². The molecule has 4 heteroatoms. The summed E-state index contributed by atoms with van der Waals surface area (Å²) in [6, 6.07) is 5.54. The van der Waals surface area contributed by atoms with Crippen LogP contribution in [0, 0.1) is 18.8 Å². The second-order valence-corrected chi connectivity index (χ2v) is 4.72. The minimum absolute atomic E-state index is 0.105. The molecule has 0 spiro atoms. The summed E-state index contributed by atoms with van der Waals surface area (Å²) >= 11 is 0. The molecule has 2 aromatic rings. The Morgan fingerprint density at radius 3 is 3.00 bits per heavy atom. The summed E-state index contributed by atoms with van der Waals surface area (Å²) < 4.78 is 5.42. The van der Waals surface area contributed by atoms with E-state index in [1.807, 2.05) is 25.1 Å². The number of fused-ring (bicyclic) bond motifs is 1. The van der Waals surface area contributed by atoms with Crippen molar-refractivity contribution in [2.45, 2.75) is 20.3 Å². The third kappa shape index (κ3) is 1.90. The summed E-state index contributed by atoms with van der Waals surface area (Å²) in [4.78, 5) is 16.0. The van der Waals surface area contributed by atoms with Crippen LogP contribution in [0.5, 0.6) is 0 Å². The number of hydrogen-bond acceptors (Lipinski definition) is 3. The quantitative estimate of drug-likeness (QED) is 0.863. The molecule has 88 valence electrons. The Labute approximate surface area is 99.0 Å². The van der Waals surface area contributed by atoms with Crippen LogP contribution in [0.2, 0.25) is 0 Å². The predicted octanol–water partition coefficient (Wildman–Crippen LogP) is 2.73. The Hall–Kier alpha value is -1.84. The Morgan fingerprint density at radius 1 is 1.53 bits per heavy atom. The molecular formula is C13H14N2O2. The summed E-state index contributed by atoms with van der Waals surface area (Å²) in [5, 5.41) is 2.91. The second kappa shape index (κ2) is 3.58. The molecule has 1 aromatic carbocycles. The maximum Gasteiger partial charge on any atom is 0.227 e. The Kier molecular flexibility index (Phi) is 2.18. The van der Waals surface area contributed by atoms with Crippen molar-refractivity contribution in [3.8, 4) is 0 Å². The van der Waals surface area contributed by atoms with Gasteiger partial charge in [-0.05, 0) is 24.5 Å². The first-order valence-electron chi connectivity index (χ1n) is 5.81. The van der Waals surface area contributed by atoms with Gasteiger partial charge < -0.3 is 9.73 Å². The molecule has 3 rings (SSSR count). The lowest BCUT2D eigenvalue weighted by Crippen LogP contribution is -2.14. The molecule has 1 aliphatic carbocycles. The fourth-order valence-corrected chi connectivity index (χ4v) is 2.04. The average Bonchev–Trinajstić information content (AvgIpc) is 2.87. The summed E-state index contributed by atoms with van der Waals surface area (Å²) in [6.45, 7) is 3.90. The van der Waals surface area contributed by atoms with Crippen molar-refractivity contribution in [1.82, 2.24) is 4.98 Å². The maximum atomic E-state index is 11.8. The summed E-state index contributed by atoms with van der Waals surface area (Å²) in [5.41, 5.74) is 2.31. The third-order valence-electron chi connectivity index (χ3n) is 3.21. The van der Waals surface area contributed by atoms with Crippen LogP contribution in [0.15, 0.2) is 22.6 Å². The number of aromatic nitrogens is 1. The van der Waals surface area contributed by atoms with Gasteiger partial charge in [0.05, 0.1) is 0 Å². The first-order chi connectivity index (χ1) is 8.13. The summed E-state index contributed by atoms with van der Waals surface area (Å²) in [5.74, 6) is 1.45. The first-order valence-corrected chi connectivity index (χ1v) is 5.81. The molecule has 1 aromatic heterocycles. The molecule has 0 saturated heterocycles. The molecule has 1 amide bonds. The van der Waals surface area contributed by atoms with E-state index in [-0.39, 0.29) is 11.8 Å². The normalized spacial score (nSPS) is 22.7. The van der Waals surface area contributed by atoms with Gasteiger partial charge in [0, 0.05) is 24.6 Å². The van der Waals surface area contributed by atoms with Crippen LogP contribution in [0.3, 0.4) is 0 Å². The minimum Gasteiger partial charge on any atom is -0.441 e. The van der Waals surface area contributed by atoms with Crippen LogP contribution in [0.1, 0.15) is 19.2 Å². The highest BCUT2D eigenvalue weighted by molar-refractivity contribution is 5.95. The zero-order chi connectivity index (χ0) is 12.0. The zero-order valence-corrected chi connectivity index (χ0v) is 9.86. The molecule has 1 aliphatic rings. The maximum absolute atomic E-state index is 11.8. The molecule has 2 unspecified atom stereocenters. The Morgan fingerprint density at radius 2 is 2.29 bits per heavy atom. The van der Waals surface area contributed by atoms with Crippen LogP contribution in [0.4, 0.5) is 5.69 Å². The molecule has 0 aliphatic heterocycles. The van der Waals surface area contributed by atoms with Crippen LogP contribution in [-0.2, 0) is 4.79 Å². The standard InChI is InChI=1S/C13H14N2O2/c1-7-5-10(7)13(16)15-9-3-4-11-12(6-9)17-8(2)14-11/h3-4,6-7,10H,5H2,1-2H3,(H,15,16). The van der Waals surface area contributed by atoms with Gasteiger partial charge in [-0.1, -0.05) is 6.92 Å². The number of nitrogens with one attached hydrogen (secondary N) is 1. The van der Waals surface area contributed by atoms with Crippen molar-refractivity contribution in [3.63, 3.8) is 0 Å². The van der Waals surface area contributed by atoms with E-state index >= 15 is 0 Å². The summed E-state index contributed by atoms with van der Waals surface area (Å²) in [6.07, 6.45) is 0.996. The van der Waals surface area contributed by atoms with Gasteiger partial charge in [-0.25, -0.2) is 4.98 Å². The van der Waals surface area contributed by atoms with Crippen LogP contribution >= 0.6 is 0 Å². The molecule has 0 bridgehead atoms. The van der Waals surface area contributed by atoms with E-state index in [4.69, 9.17) is 4.42 Å². The van der Waals surface area contributed by atoms with Crippen molar-refractivity contribution in [1.29, 1.82) is 0 Å². The topological polar surface area (TPSA) is 55.1 Å². The Balaban J connectivity index is 1.83. The van der Waals surface area contributed by atoms with E-state index < -0.39 is 0 Å². The number of hydrogen-bond donors (Lipinski definition) is 1. The van der Waals surface area contributed by atoms with E-state index in [0.717, 1.165) is 17.6 Å². The molecule has 2 atom stereocenters. The highest BCUT2D eigenvalue weighted by atomic mass is 16.3. The van der Waals surface area contributed by atoms with Gasteiger partial charge in [0.2, 0.25) is 5.91 Å². The van der Waals surface area contributed by atoms with Gasteiger partial charge in [0.1, 0.15) is 5.52 Å². The van der Waals surface area contributed by atoms with Gasteiger partial charge in [-0.15, -0.1) is 0 Å². The molecule has 4 nitrogen and oxygen atoms in total. The van der Waals surface area contributed by atoms with E-state index in [0.29, 0.717) is 17.4 Å². The number of amides is 1. The molecule has 1 heterocycles. The van der Waals surface area contributed by atoms with E-state index in [9.17, 15) is 4.79 Å². The van der Waals surface area contributed by atoms with Gasteiger partial charge in [-0.2, -0.15) is 0 Å². The van der Waals surface area contributed by atoms with E-state index in [1.54, 1.807) is 0 Å². The van der Waals surface area contributed by atoms with Gasteiger partial charge in [0.15, 0.2) is 11.5 Å². The van der Waals surface area contributed by atoms with Crippen molar-refractivity contribution < 1.29 is 9.21 Å². The highest BCUT2D eigenvalue weighted by Gasteiger charge is 2.39. The number of rotatable bonds is 2. The molecule has 1 saturated carbocycles. The lowest BCUT2D eigenvalue weighted by Gasteiger charge is -2.03. The molecule has 1 fully saturated rings. The number of oxazole rings is 1. The number of carbonyl (C=O) groups excluding carboxylic acids is 1. The predicted molar refractivity (Wildman–Crippen MR) is 64.6 cm³/mol. The average molecular weight is 230 g/mol. The van der Waals surface area contributed by atoms with Crippen molar-refractivity contribution in [2.24, 2.45) is 11.8 Å². The van der Waals surface area contributed by atoms with Gasteiger partial charge in [0.25, 0.3) is 0 Å². The number of carbonyl (C=O) groups is 1. The Bertz CT molecular complexity index is 588. The zero-order valence-electron chi connectivity index (χ0n) is 9.86. The van der Waals surface area contributed by atoms with Crippen LogP contribution in [0.25, 0.3) is 11.1 Å². The van der Waals surface area contributed by atoms with E-state index in [1.165, 1.54) is 0 Å². The molecule has 17 heavy (non-hydrogen) atoms. The van der Waals surface area contributed by atoms with Crippen molar-refractivity contribution >= 4 is 22.7 Å². The smallest absolute Gasteiger partial charge is 0.227 e. The second-order valence-electron chi connectivity index (χ2n) is 4.72. The summed E-state index contributed by atoms with van der Waals surface area (Å²) in [7, 11) is 0. The molecule has 0 radical (unpaired) electrons. The minimum atomic E-state index is 0.105. The lowest BCUT2D eigenvalue weighted by molar-refractivity contribution is -0.117. The SMILES string of the molecule is Cc1nc2ccc(NC(=O)C3CC3C)cc2o1. The fourth-order valence-electron chi connectivity index (χ4n) is 2.04. The van der Waals surface area contributed by atoms with Gasteiger partial charge in [-0.3, -0.25) is 4.79 Å². The monoisotopic (exact) mass is 230 g/mol. The largest absolute Gasteiger partial charge is 0.441 e. The number of nitrogens with zero attached hydrogens (tertiary/aromatic N) is 1.